The summed E-state index contributed by atoms with van der Waals surface area (Å²) >= 11 is 0. The maximum atomic E-state index is 13.0. The molecule has 166 valence electrons. The smallest absolute Gasteiger partial charge is 0.387 e. The standard InChI is InChI=1S/C19H23F2NO8/c1-19(2,3)30-17(26)12(23)14-15(24)22(8-9-28-14)11-7-5-6-10(16(25)27-4)13(11)29-18(20)21/h5-7,12,14,18,23H,8-9H2,1-4H3/t12-,14-/m1/s1. The van der Waals surface area contributed by atoms with Gasteiger partial charge in [-0.2, -0.15) is 8.78 Å². The molecule has 0 aliphatic carbocycles. The van der Waals surface area contributed by atoms with Crippen LogP contribution in [0.2, 0.25) is 0 Å². The second kappa shape index (κ2) is 9.35. The largest absolute Gasteiger partial charge is 0.465 e. The van der Waals surface area contributed by atoms with Crippen LogP contribution in [0.1, 0.15) is 31.1 Å². The molecular formula is C19H23F2NO8. The summed E-state index contributed by atoms with van der Waals surface area (Å²) in [5.41, 5.74) is -1.39. The second-order valence-corrected chi connectivity index (χ2v) is 7.28. The van der Waals surface area contributed by atoms with Crippen LogP contribution in [0.25, 0.3) is 0 Å². The summed E-state index contributed by atoms with van der Waals surface area (Å²) < 4.78 is 45.3. The van der Waals surface area contributed by atoms with E-state index in [1.54, 1.807) is 20.8 Å². The van der Waals surface area contributed by atoms with Gasteiger partial charge in [0.15, 0.2) is 18.0 Å². The van der Waals surface area contributed by atoms with E-state index in [0.717, 1.165) is 12.0 Å². The number of nitrogens with zero attached hydrogens (tertiary/aromatic N) is 1. The van der Waals surface area contributed by atoms with Gasteiger partial charge >= 0.3 is 18.6 Å². The number of anilines is 1. The minimum Gasteiger partial charge on any atom is -0.465 e. The Morgan fingerprint density at radius 2 is 1.97 bits per heavy atom. The molecule has 0 bridgehead atoms. The van der Waals surface area contributed by atoms with Gasteiger partial charge in [-0.15, -0.1) is 0 Å². The van der Waals surface area contributed by atoms with Crippen LogP contribution in [0.3, 0.4) is 0 Å². The highest BCUT2D eigenvalue weighted by atomic mass is 19.3. The summed E-state index contributed by atoms with van der Waals surface area (Å²) in [6.07, 6.45) is -3.57. The van der Waals surface area contributed by atoms with Gasteiger partial charge in [-0.25, -0.2) is 9.59 Å². The van der Waals surface area contributed by atoms with Crippen LogP contribution in [0, 0.1) is 0 Å². The highest BCUT2D eigenvalue weighted by Gasteiger charge is 2.42. The molecule has 1 aromatic carbocycles. The molecular weight excluding hydrogens is 408 g/mol. The number of hydrogen-bond acceptors (Lipinski definition) is 8. The first-order valence-electron chi connectivity index (χ1n) is 8.96. The van der Waals surface area contributed by atoms with Crippen LogP contribution in [-0.4, -0.2) is 67.6 Å². The van der Waals surface area contributed by atoms with Crippen LogP contribution in [0.5, 0.6) is 5.75 Å². The summed E-state index contributed by atoms with van der Waals surface area (Å²) in [6.45, 7) is 1.25. The number of hydrogen-bond donors (Lipinski definition) is 1. The molecule has 1 aliphatic heterocycles. The minimum atomic E-state index is -3.28. The fourth-order valence-corrected chi connectivity index (χ4v) is 2.78. The molecule has 1 aliphatic rings. The first-order valence-corrected chi connectivity index (χ1v) is 8.96. The average molecular weight is 431 g/mol. The van der Waals surface area contributed by atoms with Crippen molar-refractivity contribution in [3.05, 3.63) is 23.8 Å². The molecule has 30 heavy (non-hydrogen) atoms. The van der Waals surface area contributed by atoms with Gasteiger partial charge in [0, 0.05) is 6.54 Å². The molecule has 2 rings (SSSR count). The van der Waals surface area contributed by atoms with Crippen LogP contribution in [0.15, 0.2) is 18.2 Å². The third-order valence-electron chi connectivity index (χ3n) is 3.95. The Labute approximate surface area is 171 Å². The Kier molecular flexibility index (Phi) is 7.32. The Balaban J connectivity index is 2.38. The number of benzene rings is 1. The Hall–Kier alpha value is -2.79. The first kappa shape index (κ1) is 23.5. The summed E-state index contributed by atoms with van der Waals surface area (Å²) in [7, 11) is 1.06. The Morgan fingerprint density at radius 3 is 2.53 bits per heavy atom. The third-order valence-corrected chi connectivity index (χ3v) is 3.95. The molecule has 1 fully saturated rings. The monoisotopic (exact) mass is 431 g/mol. The van der Waals surface area contributed by atoms with E-state index in [2.05, 4.69) is 9.47 Å². The molecule has 1 amide bonds. The molecule has 0 radical (unpaired) electrons. The van der Waals surface area contributed by atoms with Crippen LogP contribution in [-0.2, 0) is 23.8 Å². The minimum absolute atomic E-state index is 0.0966. The van der Waals surface area contributed by atoms with E-state index >= 15 is 0 Å². The zero-order valence-corrected chi connectivity index (χ0v) is 16.9. The predicted molar refractivity (Wildman–Crippen MR) is 98.4 cm³/mol. The van der Waals surface area contributed by atoms with Crippen molar-refractivity contribution in [3.63, 3.8) is 0 Å². The highest BCUT2D eigenvalue weighted by Crippen LogP contribution is 2.35. The lowest BCUT2D eigenvalue weighted by molar-refractivity contribution is -0.177. The number of esters is 2. The van der Waals surface area contributed by atoms with E-state index in [1.807, 2.05) is 0 Å². The van der Waals surface area contributed by atoms with Crippen LogP contribution >= 0.6 is 0 Å². The normalized spacial score (nSPS) is 18.2. The van der Waals surface area contributed by atoms with Crippen molar-refractivity contribution in [2.24, 2.45) is 0 Å². The summed E-state index contributed by atoms with van der Waals surface area (Å²) in [5, 5.41) is 10.3. The Morgan fingerprint density at radius 1 is 1.30 bits per heavy atom. The molecule has 1 N–H and O–H groups in total. The lowest BCUT2D eigenvalue weighted by Crippen LogP contribution is -2.55. The molecule has 0 aromatic heterocycles. The molecule has 0 unspecified atom stereocenters. The van der Waals surface area contributed by atoms with E-state index in [4.69, 9.17) is 9.47 Å². The maximum absolute atomic E-state index is 13.0. The van der Waals surface area contributed by atoms with Crippen molar-refractivity contribution in [2.45, 2.75) is 45.2 Å². The number of amides is 1. The zero-order valence-electron chi connectivity index (χ0n) is 16.9. The molecule has 1 aromatic rings. The van der Waals surface area contributed by atoms with E-state index in [-0.39, 0.29) is 24.4 Å². The number of halogens is 2. The van der Waals surface area contributed by atoms with Gasteiger partial charge in [-0.3, -0.25) is 4.79 Å². The molecule has 0 saturated carbocycles. The number of aliphatic hydroxyl groups excluding tert-OH is 1. The van der Waals surface area contributed by atoms with E-state index < -0.39 is 48.0 Å². The van der Waals surface area contributed by atoms with E-state index in [1.165, 1.54) is 18.2 Å². The quantitative estimate of drug-likeness (QED) is 0.675. The number of ether oxygens (including phenoxy) is 4. The van der Waals surface area contributed by atoms with Crippen molar-refractivity contribution in [3.8, 4) is 5.75 Å². The van der Waals surface area contributed by atoms with Gasteiger partial charge in [-0.1, -0.05) is 6.07 Å². The van der Waals surface area contributed by atoms with Gasteiger partial charge < -0.3 is 29.0 Å². The van der Waals surface area contributed by atoms with Crippen LogP contribution in [0.4, 0.5) is 14.5 Å². The van der Waals surface area contributed by atoms with Crippen molar-refractivity contribution >= 4 is 23.5 Å². The van der Waals surface area contributed by atoms with Gasteiger partial charge in [0.05, 0.1) is 19.4 Å². The molecule has 2 atom stereocenters. The number of para-hydroxylation sites is 1. The van der Waals surface area contributed by atoms with Crippen LogP contribution < -0.4 is 9.64 Å². The van der Waals surface area contributed by atoms with E-state index in [0.29, 0.717) is 0 Å². The van der Waals surface area contributed by atoms with Crippen molar-refractivity contribution < 1.29 is 47.2 Å². The lowest BCUT2D eigenvalue weighted by atomic mass is 10.1. The summed E-state index contributed by atoms with van der Waals surface area (Å²) in [5.74, 6) is -3.48. The molecule has 9 nitrogen and oxygen atoms in total. The first-order chi connectivity index (χ1) is 14.0. The number of carbonyl (C=O) groups excluding carboxylic acids is 3. The second-order valence-electron chi connectivity index (χ2n) is 7.28. The summed E-state index contributed by atoms with van der Waals surface area (Å²) in [4.78, 5) is 38.0. The lowest BCUT2D eigenvalue weighted by Gasteiger charge is -2.35. The molecule has 1 saturated heterocycles. The van der Waals surface area contributed by atoms with Crippen molar-refractivity contribution in [2.75, 3.05) is 25.2 Å². The number of aliphatic hydroxyl groups is 1. The van der Waals surface area contributed by atoms with Crippen molar-refractivity contribution in [1.29, 1.82) is 0 Å². The predicted octanol–water partition coefficient (Wildman–Crippen LogP) is 1.51. The maximum Gasteiger partial charge on any atom is 0.387 e. The average Bonchev–Trinajstić information content (AvgIpc) is 2.65. The number of alkyl halides is 2. The SMILES string of the molecule is COC(=O)c1cccc(N2CCO[C@H]([C@@H](O)C(=O)OC(C)(C)C)C2=O)c1OC(F)F. The third kappa shape index (κ3) is 5.42. The number of carbonyl (C=O) groups is 3. The van der Waals surface area contributed by atoms with Gasteiger partial charge in [-0.05, 0) is 32.9 Å². The van der Waals surface area contributed by atoms with Crippen molar-refractivity contribution in [1.82, 2.24) is 0 Å². The van der Waals surface area contributed by atoms with E-state index in [9.17, 15) is 28.3 Å². The Bertz CT molecular complexity index is 808. The number of rotatable bonds is 6. The number of morpholine rings is 1. The molecule has 0 spiro atoms. The fourth-order valence-electron chi connectivity index (χ4n) is 2.78. The fraction of sp³-hybridized carbons (Fsp3) is 0.526. The van der Waals surface area contributed by atoms with Gasteiger partial charge in [0.2, 0.25) is 0 Å². The highest BCUT2D eigenvalue weighted by molar-refractivity contribution is 6.03. The topological polar surface area (TPSA) is 112 Å². The van der Waals surface area contributed by atoms with Gasteiger partial charge in [0.1, 0.15) is 11.2 Å². The summed E-state index contributed by atoms with van der Waals surface area (Å²) in [6, 6.07) is 3.83. The molecule has 11 heteroatoms. The van der Waals surface area contributed by atoms with Gasteiger partial charge in [0.25, 0.3) is 5.91 Å². The zero-order chi connectivity index (χ0) is 22.6. The number of methoxy groups -OCH3 is 1. The molecule has 1 heterocycles.